The lowest BCUT2D eigenvalue weighted by atomic mass is 10.2. The second-order valence-corrected chi connectivity index (χ2v) is 11.6. The molecule has 0 bridgehead atoms. The van der Waals surface area contributed by atoms with Crippen molar-refractivity contribution in [3.05, 3.63) is 66.2 Å². The van der Waals surface area contributed by atoms with Gasteiger partial charge in [0.25, 0.3) is 0 Å². The van der Waals surface area contributed by atoms with Gasteiger partial charge in [0.1, 0.15) is 28.6 Å². The van der Waals surface area contributed by atoms with Gasteiger partial charge in [-0.15, -0.1) is 0 Å². The quantitative estimate of drug-likeness (QED) is 0.0928. The minimum atomic E-state index is 0.638. The number of aryl methyl sites for hydroxylation is 2. The molecule has 0 unspecified atom stereocenters. The number of benzene rings is 3. The number of unbranched alkanes of at least 4 members (excludes halogenated alkanes) is 1. The molecule has 1 aromatic heterocycles. The van der Waals surface area contributed by atoms with E-state index in [0.29, 0.717) is 13.2 Å². The monoisotopic (exact) mass is 614 g/mol. The van der Waals surface area contributed by atoms with Gasteiger partial charge >= 0.3 is 0 Å². The molecule has 0 N–H and O–H groups in total. The molecule has 4 rings (SSSR count). The summed E-state index contributed by atoms with van der Waals surface area (Å²) in [5, 5.41) is 0. The predicted octanol–water partition coefficient (Wildman–Crippen LogP) is 8.83. The summed E-state index contributed by atoms with van der Waals surface area (Å²) in [6.07, 6.45) is 4.10. The molecule has 0 aliphatic rings. The number of rotatable bonds is 20. The molecular formula is C38H54N4O3. The van der Waals surface area contributed by atoms with Gasteiger partial charge in [0, 0.05) is 37.3 Å². The maximum Gasteiger partial charge on any atom is 0.150 e. The van der Waals surface area contributed by atoms with E-state index in [1.165, 1.54) is 5.56 Å². The van der Waals surface area contributed by atoms with Crippen molar-refractivity contribution in [2.45, 2.75) is 73.8 Å². The molecule has 3 aromatic carbocycles. The Hall–Kier alpha value is -3.55. The Labute approximate surface area is 271 Å². The molecule has 0 aliphatic carbocycles. The highest BCUT2D eigenvalue weighted by Gasteiger charge is 2.19. The molecule has 0 amide bonds. The van der Waals surface area contributed by atoms with Crippen molar-refractivity contribution in [1.29, 1.82) is 0 Å². The largest absolute Gasteiger partial charge is 0.493 e. The van der Waals surface area contributed by atoms with Crippen LogP contribution in [0.1, 0.15) is 65.9 Å². The van der Waals surface area contributed by atoms with Crippen LogP contribution in [0, 0.1) is 6.92 Å². The summed E-state index contributed by atoms with van der Waals surface area (Å²) in [7, 11) is 0. The maximum atomic E-state index is 6.47. The van der Waals surface area contributed by atoms with Gasteiger partial charge in [0.2, 0.25) is 0 Å². The van der Waals surface area contributed by atoms with Crippen molar-refractivity contribution >= 4 is 11.0 Å². The van der Waals surface area contributed by atoms with Crippen molar-refractivity contribution in [2.24, 2.45) is 0 Å². The summed E-state index contributed by atoms with van der Waals surface area (Å²) in [6, 6.07) is 20.6. The molecular weight excluding hydrogens is 560 g/mol. The average molecular weight is 615 g/mol. The molecule has 0 spiro atoms. The molecule has 0 saturated carbocycles. The lowest BCUT2D eigenvalue weighted by Gasteiger charge is -2.18. The third-order valence-corrected chi connectivity index (χ3v) is 8.42. The molecule has 0 radical (unpaired) electrons. The Bertz CT molecular complexity index is 1440. The first kappa shape index (κ1) is 34.3. The lowest BCUT2D eigenvalue weighted by molar-refractivity contribution is 0.243. The highest BCUT2D eigenvalue weighted by Crippen LogP contribution is 2.36. The zero-order chi connectivity index (χ0) is 32.0. The zero-order valence-electron chi connectivity index (χ0n) is 28.5. The third kappa shape index (κ3) is 9.72. The summed E-state index contributed by atoms with van der Waals surface area (Å²) in [4.78, 5) is 10.1. The Kier molecular flexibility index (Phi) is 13.6. The smallest absolute Gasteiger partial charge is 0.150 e. The first-order valence-corrected chi connectivity index (χ1v) is 17.1. The van der Waals surface area contributed by atoms with Crippen LogP contribution in [-0.2, 0) is 6.54 Å². The lowest BCUT2D eigenvalue weighted by Crippen LogP contribution is -2.25. The number of hydrogen-bond acceptors (Lipinski definition) is 6. The molecule has 0 aliphatic heterocycles. The van der Waals surface area contributed by atoms with Gasteiger partial charge in [-0.2, -0.15) is 0 Å². The summed E-state index contributed by atoms with van der Waals surface area (Å²) >= 11 is 0. The highest BCUT2D eigenvalue weighted by atomic mass is 16.5. The number of hydrogen-bond donors (Lipinski definition) is 0. The van der Waals surface area contributed by atoms with Crippen molar-refractivity contribution in [3.63, 3.8) is 0 Å². The first-order valence-electron chi connectivity index (χ1n) is 17.1. The maximum absolute atomic E-state index is 6.47. The Morgan fingerprint density at radius 2 is 1.36 bits per heavy atom. The summed E-state index contributed by atoms with van der Waals surface area (Å²) in [5.74, 6) is 4.21. The van der Waals surface area contributed by atoms with Gasteiger partial charge in [0.05, 0.1) is 18.7 Å². The minimum Gasteiger partial charge on any atom is -0.493 e. The SMILES string of the molecule is CCCCn1c(-c2ccc(Oc3cccc(C)c3)cc2)nc2c(OCCCN(CC)CC)cc(OCCCN(CC)CC)cc21. The van der Waals surface area contributed by atoms with E-state index in [2.05, 4.69) is 80.2 Å². The molecule has 0 fully saturated rings. The zero-order valence-corrected chi connectivity index (χ0v) is 28.5. The van der Waals surface area contributed by atoms with Crippen LogP contribution in [0.3, 0.4) is 0 Å². The topological polar surface area (TPSA) is 52.0 Å². The van der Waals surface area contributed by atoms with Gasteiger partial charge in [-0.05, 0) is 94.3 Å². The molecule has 7 heteroatoms. The number of aromatic nitrogens is 2. The van der Waals surface area contributed by atoms with Crippen LogP contribution in [-0.4, -0.2) is 71.8 Å². The van der Waals surface area contributed by atoms with E-state index in [4.69, 9.17) is 19.2 Å². The fourth-order valence-corrected chi connectivity index (χ4v) is 5.64. The standard InChI is InChI=1S/C38H54N4O3/c1-7-12-24-42-35-28-34(43-25-14-22-40(8-2)9-3)29-36(44-26-15-23-41(10-4)11-5)37(35)39-38(42)31-18-20-32(21-19-31)45-33-17-13-16-30(6)27-33/h13,16-21,27-29H,7-12,14-15,22-26H2,1-6H3. The van der Waals surface area contributed by atoms with E-state index in [0.717, 1.165) is 117 Å². The summed E-state index contributed by atoms with van der Waals surface area (Å²) < 4.78 is 21.3. The van der Waals surface area contributed by atoms with Gasteiger partial charge < -0.3 is 28.6 Å². The minimum absolute atomic E-state index is 0.638. The van der Waals surface area contributed by atoms with Gasteiger partial charge in [-0.25, -0.2) is 4.98 Å². The van der Waals surface area contributed by atoms with E-state index < -0.39 is 0 Å². The summed E-state index contributed by atoms with van der Waals surface area (Å²) in [5.41, 5.74) is 4.16. The van der Waals surface area contributed by atoms with Gasteiger partial charge in [-0.1, -0.05) is 53.2 Å². The van der Waals surface area contributed by atoms with Crippen LogP contribution in [0.2, 0.25) is 0 Å². The molecule has 244 valence electrons. The van der Waals surface area contributed by atoms with Crippen molar-refractivity contribution < 1.29 is 14.2 Å². The number of imidazole rings is 1. The number of ether oxygens (including phenoxy) is 3. The molecule has 7 nitrogen and oxygen atoms in total. The van der Waals surface area contributed by atoms with Crippen LogP contribution < -0.4 is 14.2 Å². The van der Waals surface area contributed by atoms with Crippen molar-refractivity contribution in [3.8, 4) is 34.4 Å². The van der Waals surface area contributed by atoms with Crippen LogP contribution >= 0.6 is 0 Å². The highest BCUT2D eigenvalue weighted by molar-refractivity contribution is 5.87. The molecule has 1 heterocycles. The van der Waals surface area contributed by atoms with Gasteiger partial charge in [-0.3, -0.25) is 0 Å². The van der Waals surface area contributed by atoms with E-state index in [-0.39, 0.29) is 0 Å². The van der Waals surface area contributed by atoms with E-state index in [1.54, 1.807) is 0 Å². The average Bonchev–Trinajstić information content (AvgIpc) is 3.42. The van der Waals surface area contributed by atoms with E-state index in [9.17, 15) is 0 Å². The second-order valence-electron chi connectivity index (χ2n) is 11.6. The van der Waals surface area contributed by atoms with Crippen molar-refractivity contribution in [2.75, 3.05) is 52.5 Å². The van der Waals surface area contributed by atoms with Gasteiger partial charge in [0.15, 0.2) is 5.75 Å². The molecule has 4 aromatic rings. The predicted molar refractivity (Wildman–Crippen MR) is 187 cm³/mol. The molecule has 45 heavy (non-hydrogen) atoms. The van der Waals surface area contributed by atoms with E-state index in [1.807, 2.05) is 36.4 Å². The Morgan fingerprint density at radius 3 is 1.98 bits per heavy atom. The van der Waals surface area contributed by atoms with Crippen LogP contribution in [0.25, 0.3) is 22.4 Å². The second kappa shape index (κ2) is 17.8. The summed E-state index contributed by atoms with van der Waals surface area (Å²) in [6.45, 7) is 21.6. The van der Waals surface area contributed by atoms with Crippen LogP contribution in [0.15, 0.2) is 60.7 Å². The third-order valence-electron chi connectivity index (χ3n) is 8.42. The van der Waals surface area contributed by atoms with E-state index >= 15 is 0 Å². The fourth-order valence-electron chi connectivity index (χ4n) is 5.64. The fraction of sp³-hybridized carbons (Fsp3) is 0.500. The number of nitrogens with zero attached hydrogens (tertiary/aromatic N) is 4. The van der Waals surface area contributed by atoms with Crippen molar-refractivity contribution in [1.82, 2.24) is 19.4 Å². The van der Waals surface area contributed by atoms with Crippen LogP contribution in [0.4, 0.5) is 0 Å². The molecule has 0 atom stereocenters. The first-order chi connectivity index (χ1) is 22.0. The normalized spacial score (nSPS) is 11.6. The number of fused-ring (bicyclic) bond motifs is 1. The molecule has 0 saturated heterocycles. The Balaban J connectivity index is 1.63. The van der Waals surface area contributed by atoms with Crippen LogP contribution in [0.5, 0.6) is 23.0 Å². The Morgan fingerprint density at radius 1 is 0.689 bits per heavy atom.